The first-order chi connectivity index (χ1) is 8.26. The van der Waals surface area contributed by atoms with Gasteiger partial charge in [-0.1, -0.05) is 31.9 Å². The van der Waals surface area contributed by atoms with Crippen LogP contribution in [0.5, 0.6) is 0 Å². The summed E-state index contributed by atoms with van der Waals surface area (Å²) in [6, 6.07) is 7.94. The minimum atomic E-state index is -0.397. The van der Waals surface area contributed by atoms with E-state index in [2.05, 4.69) is 24.4 Å². The molecule has 0 aliphatic heterocycles. The van der Waals surface area contributed by atoms with Gasteiger partial charge in [0, 0.05) is 5.69 Å². The monoisotopic (exact) mass is 235 g/mol. The SMILES string of the molecule is CCCCCc1ccc(NC(=O)OCC)cc1. The van der Waals surface area contributed by atoms with E-state index in [0.29, 0.717) is 6.61 Å². The molecule has 17 heavy (non-hydrogen) atoms. The molecule has 3 nitrogen and oxygen atoms in total. The van der Waals surface area contributed by atoms with Crippen molar-refractivity contribution in [1.29, 1.82) is 0 Å². The number of benzene rings is 1. The van der Waals surface area contributed by atoms with Crippen LogP contribution < -0.4 is 5.32 Å². The summed E-state index contributed by atoms with van der Waals surface area (Å²) < 4.78 is 4.81. The van der Waals surface area contributed by atoms with Crippen molar-refractivity contribution in [3.63, 3.8) is 0 Å². The molecule has 0 radical (unpaired) electrons. The normalized spacial score (nSPS) is 10.0. The van der Waals surface area contributed by atoms with Crippen LogP contribution in [-0.2, 0) is 11.2 Å². The average Bonchev–Trinajstić information content (AvgIpc) is 2.32. The summed E-state index contributed by atoms with van der Waals surface area (Å²) in [5.41, 5.74) is 2.09. The van der Waals surface area contributed by atoms with E-state index >= 15 is 0 Å². The van der Waals surface area contributed by atoms with Crippen LogP contribution >= 0.6 is 0 Å². The Morgan fingerprint density at radius 2 is 1.88 bits per heavy atom. The quantitative estimate of drug-likeness (QED) is 0.757. The van der Waals surface area contributed by atoms with Gasteiger partial charge < -0.3 is 4.74 Å². The van der Waals surface area contributed by atoms with Crippen LogP contribution in [0.3, 0.4) is 0 Å². The van der Waals surface area contributed by atoms with Crippen LogP contribution in [0.15, 0.2) is 24.3 Å². The van der Waals surface area contributed by atoms with Gasteiger partial charge in [0.2, 0.25) is 0 Å². The van der Waals surface area contributed by atoms with E-state index < -0.39 is 6.09 Å². The number of carbonyl (C=O) groups excluding carboxylic acids is 1. The Morgan fingerprint density at radius 1 is 1.18 bits per heavy atom. The Labute approximate surface area is 103 Å². The van der Waals surface area contributed by atoms with Crippen molar-refractivity contribution >= 4 is 11.8 Å². The van der Waals surface area contributed by atoms with E-state index in [-0.39, 0.29) is 0 Å². The van der Waals surface area contributed by atoms with Gasteiger partial charge in [0.15, 0.2) is 0 Å². The maximum Gasteiger partial charge on any atom is 0.411 e. The second kappa shape index (κ2) is 7.71. The van der Waals surface area contributed by atoms with Crippen molar-refractivity contribution in [2.24, 2.45) is 0 Å². The van der Waals surface area contributed by atoms with Gasteiger partial charge in [-0.3, -0.25) is 5.32 Å². The highest BCUT2D eigenvalue weighted by Gasteiger charge is 2.01. The summed E-state index contributed by atoms with van der Waals surface area (Å²) in [6.45, 7) is 4.38. The molecule has 0 saturated carbocycles. The zero-order valence-electron chi connectivity index (χ0n) is 10.7. The van der Waals surface area contributed by atoms with E-state index in [0.717, 1.165) is 12.1 Å². The Morgan fingerprint density at radius 3 is 2.47 bits per heavy atom. The first-order valence-corrected chi connectivity index (χ1v) is 6.29. The van der Waals surface area contributed by atoms with Crippen molar-refractivity contribution in [2.75, 3.05) is 11.9 Å². The summed E-state index contributed by atoms with van der Waals surface area (Å²) in [6.07, 6.45) is 4.44. The fraction of sp³-hybridized carbons (Fsp3) is 0.500. The van der Waals surface area contributed by atoms with E-state index in [1.807, 2.05) is 12.1 Å². The Bertz CT molecular complexity index is 333. The summed E-state index contributed by atoms with van der Waals surface area (Å²) in [5, 5.41) is 2.68. The molecule has 94 valence electrons. The topological polar surface area (TPSA) is 38.3 Å². The predicted octanol–water partition coefficient (Wildman–Crippen LogP) is 3.99. The number of ether oxygens (including phenoxy) is 1. The number of hydrogen-bond donors (Lipinski definition) is 1. The third-order valence-electron chi connectivity index (χ3n) is 2.54. The van der Waals surface area contributed by atoms with Gasteiger partial charge in [-0.25, -0.2) is 4.79 Å². The standard InChI is InChI=1S/C14H21NO2/c1-3-5-6-7-12-8-10-13(11-9-12)15-14(16)17-4-2/h8-11H,3-7H2,1-2H3,(H,15,16). The predicted molar refractivity (Wildman–Crippen MR) is 70.3 cm³/mol. The Balaban J connectivity index is 2.41. The van der Waals surface area contributed by atoms with Gasteiger partial charge in [0.05, 0.1) is 6.61 Å². The molecule has 1 aromatic carbocycles. The lowest BCUT2D eigenvalue weighted by atomic mass is 10.1. The first-order valence-electron chi connectivity index (χ1n) is 6.29. The number of aryl methyl sites for hydroxylation is 1. The van der Waals surface area contributed by atoms with Crippen molar-refractivity contribution < 1.29 is 9.53 Å². The largest absolute Gasteiger partial charge is 0.450 e. The second-order valence-corrected chi connectivity index (χ2v) is 4.00. The van der Waals surface area contributed by atoms with Crippen molar-refractivity contribution in [2.45, 2.75) is 39.5 Å². The molecule has 0 fully saturated rings. The van der Waals surface area contributed by atoms with Crippen molar-refractivity contribution in [1.82, 2.24) is 0 Å². The maximum atomic E-state index is 11.2. The van der Waals surface area contributed by atoms with E-state index in [9.17, 15) is 4.79 Å². The maximum absolute atomic E-state index is 11.2. The lowest BCUT2D eigenvalue weighted by Crippen LogP contribution is -2.13. The van der Waals surface area contributed by atoms with Crippen LogP contribution in [0.1, 0.15) is 38.7 Å². The Kier molecular flexibility index (Phi) is 6.15. The minimum Gasteiger partial charge on any atom is -0.450 e. The highest BCUT2D eigenvalue weighted by atomic mass is 16.5. The number of rotatable bonds is 6. The lowest BCUT2D eigenvalue weighted by Gasteiger charge is -2.06. The van der Waals surface area contributed by atoms with Crippen molar-refractivity contribution in [3.05, 3.63) is 29.8 Å². The van der Waals surface area contributed by atoms with E-state index in [1.54, 1.807) is 6.92 Å². The fourth-order valence-corrected chi connectivity index (χ4v) is 1.62. The van der Waals surface area contributed by atoms with Gasteiger partial charge in [-0.05, 0) is 37.5 Å². The van der Waals surface area contributed by atoms with Gasteiger partial charge in [-0.2, -0.15) is 0 Å². The number of carbonyl (C=O) groups is 1. The zero-order valence-corrected chi connectivity index (χ0v) is 10.7. The summed E-state index contributed by atoms with van der Waals surface area (Å²) in [4.78, 5) is 11.2. The van der Waals surface area contributed by atoms with Gasteiger partial charge in [0.25, 0.3) is 0 Å². The molecule has 1 rings (SSSR count). The summed E-state index contributed by atoms with van der Waals surface area (Å²) in [7, 11) is 0. The smallest absolute Gasteiger partial charge is 0.411 e. The molecule has 3 heteroatoms. The average molecular weight is 235 g/mol. The minimum absolute atomic E-state index is 0.390. The molecule has 1 amide bonds. The molecule has 0 bridgehead atoms. The van der Waals surface area contributed by atoms with Crippen LogP contribution in [-0.4, -0.2) is 12.7 Å². The number of nitrogens with one attached hydrogen (secondary N) is 1. The molecule has 0 spiro atoms. The van der Waals surface area contributed by atoms with Gasteiger partial charge >= 0.3 is 6.09 Å². The van der Waals surface area contributed by atoms with Crippen LogP contribution in [0.25, 0.3) is 0 Å². The van der Waals surface area contributed by atoms with Crippen LogP contribution in [0, 0.1) is 0 Å². The molecule has 0 heterocycles. The molecule has 0 saturated heterocycles. The third-order valence-corrected chi connectivity index (χ3v) is 2.54. The molecular weight excluding hydrogens is 214 g/mol. The molecule has 1 N–H and O–H groups in total. The molecule has 0 aromatic heterocycles. The van der Waals surface area contributed by atoms with Crippen molar-refractivity contribution in [3.8, 4) is 0 Å². The molecule has 0 atom stereocenters. The zero-order chi connectivity index (χ0) is 12.5. The van der Waals surface area contributed by atoms with E-state index in [4.69, 9.17) is 4.74 Å². The van der Waals surface area contributed by atoms with Crippen LogP contribution in [0.2, 0.25) is 0 Å². The third kappa shape index (κ3) is 5.38. The van der Waals surface area contributed by atoms with Gasteiger partial charge in [-0.15, -0.1) is 0 Å². The number of unbranched alkanes of at least 4 members (excludes halogenated alkanes) is 2. The second-order valence-electron chi connectivity index (χ2n) is 4.00. The summed E-state index contributed by atoms with van der Waals surface area (Å²) in [5.74, 6) is 0. The highest BCUT2D eigenvalue weighted by molar-refractivity contribution is 5.84. The summed E-state index contributed by atoms with van der Waals surface area (Å²) >= 11 is 0. The highest BCUT2D eigenvalue weighted by Crippen LogP contribution is 2.12. The molecule has 1 aromatic rings. The lowest BCUT2D eigenvalue weighted by molar-refractivity contribution is 0.168. The molecule has 0 aliphatic rings. The number of amides is 1. The first kappa shape index (κ1) is 13.6. The Hall–Kier alpha value is -1.51. The number of hydrogen-bond acceptors (Lipinski definition) is 2. The number of anilines is 1. The fourth-order valence-electron chi connectivity index (χ4n) is 1.62. The van der Waals surface area contributed by atoms with E-state index in [1.165, 1.54) is 24.8 Å². The molecule has 0 unspecified atom stereocenters. The molecular formula is C14H21NO2. The van der Waals surface area contributed by atoms with Crippen LogP contribution in [0.4, 0.5) is 10.5 Å². The molecule has 0 aliphatic carbocycles. The van der Waals surface area contributed by atoms with Gasteiger partial charge in [0.1, 0.15) is 0 Å².